The van der Waals surface area contributed by atoms with Gasteiger partial charge in [-0.25, -0.2) is 0 Å². The van der Waals surface area contributed by atoms with E-state index in [4.69, 9.17) is 5.73 Å². The number of nitrogens with one attached hydrogen (secondary N) is 1. The van der Waals surface area contributed by atoms with Crippen LogP contribution in [0.5, 0.6) is 0 Å². The molecule has 1 saturated heterocycles. The minimum atomic E-state index is -0.638. The van der Waals surface area contributed by atoms with Gasteiger partial charge in [-0.3, -0.25) is 9.59 Å². The van der Waals surface area contributed by atoms with Gasteiger partial charge in [0.25, 0.3) is 0 Å². The molecule has 0 radical (unpaired) electrons. The van der Waals surface area contributed by atoms with E-state index < -0.39 is 12.1 Å². The predicted molar refractivity (Wildman–Crippen MR) is 124 cm³/mol. The third-order valence-electron chi connectivity index (χ3n) is 6.06. The third kappa shape index (κ3) is 5.11. The molecule has 31 heavy (non-hydrogen) atoms. The van der Waals surface area contributed by atoms with Crippen LogP contribution in [0, 0.1) is 17.8 Å². The highest BCUT2D eigenvalue weighted by molar-refractivity contribution is 5.90. The number of fused-ring (bicyclic) bond motifs is 1. The molecular weight excluding hydrogens is 388 g/mol. The van der Waals surface area contributed by atoms with Crippen LogP contribution < -0.4 is 11.1 Å². The number of benzene rings is 1. The highest BCUT2D eigenvalue weighted by atomic mass is 16.2. The smallest absolute Gasteiger partial charge is 0.245 e. The second-order valence-corrected chi connectivity index (χ2v) is 8.78. The number of hydrogen-bond donors (Lipinski definition) is 2. The Hall–Kier alpha value is -2.78. The summed E-state index contributed by atoms with van der Waals surface area (Å²) in [6.45, 7) is 8.78. The van der Waals surface area contributed by atoms with Crippen molar-refractivity contribution >= 4 is 22.7 Å². The maximum Gasteiger partial charge on any atom is 0.245 e. The zero-order valence-corrected chi connectivity index (χ0v) is 19.0. The van der Waals surface area contributed by atoms with Gasteiger partial charge in [0.1, 0.15) is 6.04 Å². The number of nitrogens with zero attached hydrogens (tertiary/aromatic N) is 2. The molecule has 2 aromatic rings. The van der Waals surface area contributed by atoms with E-state index in [0.29, 0.717) is 6.54 Å². The molecule has 2 heterocycles. The summed E-state index contributed by atoms with van der Waals surface area (Å²) in [6.07, 6.45) is 4.91. The van der Waals surface area contributed by atoms with Gasteiger partial charge >= 0.3 is 0 Å². The van der Waals surface area contributed by atoms with Crippen molar-refractivity contribution in [3.63, 3.8) is 0 Å². The van der Waals surface area contributed by atoms with E-state index in [1.165, 1.54) is 16.5 Å². The Bertz CT molecular complexity index is 996. The number of carbonyl (C=O) groups excluding carboxylic acids is 2. The first-order valence-corrected chi connectivity index (χ1v) is 11.2. The van der Waals surface area contributed by atoms with Gasteiger partial charge < -0.3 is 20.5 Å². The summed E-state index contributed by atoms with van der Waals surface area (Å²) >= 11 is 0. The lowest BCUT2D eigenvalue weighted by atomic mass is 9.99. The molecule has 1 aromatic heterocycles. The second kappa shape index (κ2) is 10.0. The summed E-state index contributed by atoms with van der Waals surface area (Å²) in [6, 6.07) is 7.28. The Morgan fingerprint density at radius 1 is 1.26 bits per heavy atom. The monoisotopic (exact) mass is 422 g/mol. The average Bonchev–Trinajstić information content (AvgIpc) is 3.34. The molecule has 166 valence electrons. The third-order valence-corrected chi connectivity index (χ3v) is 6.06. The Balaban J connectivity index is 1.82. The van der Waals surface area contributed by atoms with Crippen molar-refractivity contribution < 1.29 is 9.59 Å². The van der Waals surface area contributed by atoms with Crippen molar-refractivity contribution in [2.24, 2.45) is 11.7 Å². The molecule has 1 fully saturated rings. The topological polar surface area (TPSA) is 80.4 Å². The van der Waals surface area contributed by atoms with Crippen LogP contribution in [0.3, 0.4) is 0 Å². The number of aromatic nitrogens is 1. The molecule has 2 amide bonds. The zero-order chi connectivity index (χ0) is 22.5. The van der Waals surface area contributed by atoms with Gasteiger partial charge in [0.05, 0.1) is 12.6 Å². The quantitative estimate of drug-likeness (QED) is 0.673. The largest absolute Gasteiger partial charge is 0.343 e. The highest BCUT2D eigenvalue weighted by Crippen LogP contribution is 2.28. The minimum absolute atomic E-state index is 0.00733. The molecule has 1 aliphatic heterocycles. The molecule has 0 saturated carbocycles. The molecule has 3 N–H and O–H groups in total. The van der Waals surface area contributed by atoms with Gasteiger partial charge in [-0.15, -0.1) is 5.92 Å². The molecular formula is C25H34N4O2. The lowest BCUT2D eigenvalue weighted by molar-refractivity contribution is -0.138. The van der Waals surface area contributed by atoms with Crippen LogP contribution in [-0.2, 0) is 22.6 Å². The summed E-state index contributed by atoms with van der Waals surface area (Å²) in [5, 5.41) is 4.07. The molecule has 0 spiro atoms. The fraction of sp³-hybridized carbons (Fsp3) is 0.520. The lowest BCUT2D eigenvalue weighted by Crippen LogP contribution is -2.55. The first-order chi connectivity index (χ1) is 14.8. The first-order valence-electron chi connectivity index (χ1n) is 11.2. The lowest BCUT2D eigenvalue weighted by Gasteiger charge is -2.31. The number of nitrogens with two attached hydrogens (primary N) is 1. The normalized spacial score (nSPS) is 18.0. The van der Waals surface area contributed by atoms with E-state index in [2.05, 4.69) is 46.1 Å². The predicted octanol–water partition coefficient (Wildman–Crippen LogP) is 2.69. The zero-order valence-electron chi connectivity index (χ0n) is 19.0. The van der Waals surface area contributed by atoms with Crippen molar-refractivity contribution in [3.8, 4) is 11.8 Å². The van der Waals surface area contributed by atoms with E-state index in [1.807, 2.05) is 31.7 Å². The van der Waals surface area contributed by atoms with Crippen LogP contribution in [0.25, 0.3) is 10.9 Å². The summed E-state index contributed by atoms with van der Waals surface area (Å²) in [5.74, 6) is 5.80. The van der Waals surface area contributed by atoms with Gasteiger partial charge in [0.2, 0.25) is 11.8 Å². The van der Waals surface area contributed by atoms with Gasteiger partial charge in [-0.05, 0) is 50.7 Å². The SMILES string of the molecule is CC#CCn1cc(C[C@@H]2CCCN2C(=O)[C@@H](NC(=O)[C@H](C)N)C(C)C)c2ccccc21. The fourth-order valence-corrected chi connectivity index (χ4v) is 4.35. The van der Waals surface area contributed by atoms with Crippen LogP contribution in [0.15, 0.2) is 30.5 Å². The van der Waals surface area contributed by atoms with Crippen molar-refractivity contribution in [1.82, 2.24) is 14.8 Å². The maximum absolute atomic E-state index is 13.4. The van der Waals surface area contributed by atoms with Crippen molar-refractivity contribution in [2.45, 2.75) is 71.6 Å². The van der Waals surface area contributed by atoms with Gasteiger partial charge in [0, 0.05) is 29.7 Å². The van der Waals surface area contributed by atoms with Gasteiger partial charge in [0.15, 0.2) is 0 Å². The fourth-order valence-electron chi connectivity index (χ4n) is 4.35. The van der Waals surface area contributed by atoms with E-state index in [0.717, 1.165) is 25.8 Å². The van der Waals surface area contributed by atoms with Crippen molar-refractivity contribution in [3.05, 3.63) is 36.0 Å². The Kier molecular flexibility index (Phi) is 7.40. The van der Waals surface area contributed by atoms with E-state index in [-0.39, 0.29) is 23.8 Å². The van der Waals surface area contributed by atoms with Crippen molar-refractivity contribution in [2.75, 3.05) is 6.54 Å². The van der Waals surface area contributed by atoms with Crippen LogP contribution >= 0.6 is 0 Å². The van der Waals surface area contributed by atoms with E-state index >= 15 is 0 Å². The Morgan fingerprint density at radius 3 is 2.68 bits per heavy atom. The summed E-state index contributed by atoms with van der Waals surface area (Å²) < 4.78 is 2.18. The second-order valence-electron chi connectivity index (χ2n) is 8.78. The summed E-state index contributed by atoms with van der Waals surface area (Å²) in [7, 11) is 0. The summed E-state index contributed by atoms with van der Waals surface area (Å²) in [5.41, 5.74) is 8.11. The molecule has 6 heteroatoms. The molecule has 3 atom stereocenters. The minimum Gasteiger partial charge on any atom is -0.343 e. The van der Waals surface area contributed by atoms with Crippen LogP contribution in [0.1, 0.15) is 46.1 Å². The van der Waals surface area contributed by atoms with Gasteiger partial charge in [-0.1, -0.05) is 38.0 Å². The number of para-hydroxylation sites is 1. The number of likely N-dealkylation sites (tertiary alicyclic amines) is 1. The number of rotatable bonds is 7. The number of carbonyl (C=O) groups is 2. The molecule has 0 bridgehead atoms. The average molecular weight is 423 g/mol. The molecule has 1 aliphatic rings. The van der Waals surface area contributed by atoms with E-state index in [9.17, 15) is 9.59 Å². The highest BCUT2D eigenvalue weighted by Gasteiger charge is 2.35. The van der Waals surface area contributed by atoms with Crippen LogP contribution in [0.4, 0.5) is 0 Å². The number of amides is 2. The number of hydrogen-bond acceptors (Lipinski definition) is 3. The van der Waals surface area contributed by atoms with Gasteiger partial charge in [-0.2, -0.15) is 0 Å². The molecule has 0 aliphatic carbocycles. The molecule has 1 aromatic carbocycles. The standard InChI is InChI=1S/C25H34N4O2/c1-5-6-13-28-16-19(21-11-7-8-12-22(21)28)15-20-10-9-14-29(20)25(31)23(17(2)3)27-24(30)18(4)26/h7-8,11-12,16-18,20,23H,9-10,13-15,26H2,1-4H3,(H,27,30)/t18-,20-,23-/m0/s1. The molecule has 3 rings (SSSR count). The Morgan fingerprint density at radius 2 is 2.00 bits per heavy atom. The first kappa shape index (κ1) is 22.9. The van der Waals surface area contributed by atoms with Crippen LogP contribution in [0.2, 0.25) is 0 Å². The molecule has 6 nitrogen and oxygen atoms in total. The maximum atomic E-state index is 13.4. The van der Waals surface area contributed by atoms with Crippen LogP contribution in [-0.4, -0.2) is 46.0 Å². The Labute approximate surface area is 185 Å². The summed E-state index contributed by atoms with van der Waals surface area (Å²) in [4.78, 5) is 27.5. The van der Waals surface area contributed by atoms with E-state index in [1.54, 1.807) is 6.92 Å². The van der Waals surface area contributed by atoms with Crippen molar-refractivity contribution in [1.29, 1.82) is 0 Å². The molecule has 0 unspecified atom stereocenters.